The van der Waals surface area contributed by atoms with Gasteiger partial charge in [0.05, 0.1) is 43.1 Å². The SMILES string of the molecule is C=CCO[C@@]12Oc3ccc(OC(=O)Nc4ccc(OC)cc4OC)cc3[C@H]3[C@H](CCCCO)[C@@H](CCCCO)C=C(C(=NOCc4ccc([N+](=O)[O-])cc4)C[C@@H]1N(CCC)C(=O)OCc1ccccc1)[C@H]32. The second kappa shape index (κ2) is 24.7. The minimum atomic E-state index is -1.56. The Kier molecular flexibility index (Phi) is 18.1. The monoisotopic (exact) mass is 976 g/mol. The highest BCUT2D eigenvalue weighted by Gasteiger charge is 2.65. The number of non-ortho nitro benzene ring substituents is 1. The Balaban J connectivity index is 1.38. The van der Waals surface area contributed by atoms with Gasteiger partial charge in [-0.1, -0.05) is 67.4 Å². The summed E-state index contributed by atoms with van der Waals surface area (Å²) in [6.07, 6.45) is 7.18. The third kappa shape index (κ3) is 12.2. The minimum absolute atomic E-state index is 0.00234. The maximum Gasteiger partial charge on any atom is 0.417 e. The number of aliphatic hydroxyl groups is 2. The fraction of sp³-hybridized carbons (Fsp3) is 0.426. The van der Waals surface area contributed by atoms with E-state index >= 15 is 0 Å². The Morgan fingerprint density at radius 2 is 1.66 bits per heavy atom. The molecule has 0 aromatic heterocycles. The number of rotatable bonds is 24. The lowest BCUT2D eigenvalue weighted by Crippen LogP contribution is -2.70. The number of oxime groups is 1. The van der Waals surface area contributed by atoms with E-state index in [4.69, 9.17) is 38.4 Å². The second-order valence-electron chi connectivity index (χ2n) is 17.8. The van der Waals surface area contributed by atoms with Crippen LogP contribution in [0, 0.1) is 27.9 Å². The van der Waals surface area contributed by atoms with Crippen molar-refractivity contribution in [3.63, 3.8) is 0 Å². The zero-order valence-corrected chi connectivity index (χ0v) is 40.5. The van der Waals surface area contributed by atoms with E-state index in [0.717, 1.165) is 23.1 Å². The summed E-state index contributed by atoms with van der Waals surface area (Å²) in [5, 5.41) is 39.1. The highest BCUT2D eigenvalue weighted by atomic mass is 16.7. The van der Waals surface area contributed by atoms with E-state index in [0.29, 0.717) is 72.7 Å². The number of methoxy groups -OCH3 is 2. The van der Waals surface area contributed by atoms with Gasteiger partial charge in [-0.2, -0.15) is 0 Å². The van der Waals surface area contributed by atoms with E-state index in [1.165, 1.54) is 26.4 Å². The summed E-state index contributed by atoms with van der Waals surface area (Å²) < 4.78 is 37.3. The van der Waals surface area contributed by atoms with Crippen molar-refractivity contribution in [1.82, 2.24) is 4.90 Å². The van der Waals surface area contributed by atoms with Gasteiger partial charge in [0.1, 0.15) is 42.3 Å². The number of amides is 2. The van der Waals surface area contributed by atoms with Crippen molar-refractivity contribution in [2.45, 2.75) is 89.3 Å². The molecule has 17 heteroatoms. The number of ether oxygens (including phenoxy) is 6. The van der Waals surface area contributed by atoms with Crippen LogP contribution >= 0.6 is 0 Å². The highest BCUT2D eigenvalue weighted by Crippen LogP contribution is 2.62. The molecule has 1 aliphatic heterocycles. The molecule has 0 bridgehead atoms. The summed E-state index contributed by atoms with van der Waals surface area (Å²) in [4.78, 5) is 47.1. The molecule has 2 aliphatic carbocycles. The predicted octanol–water partition coefficient (Wildman–Crippen LogP) is 10.1. The highest BCUT2D eigenvalue weighted by molar-refractivity contribution is 6.03. The van der Waals surface area contributed by atoms with Crippen LogP contribution in [0.15, 0.2) is 120 Å². The first-order valence-corrected chi connectivity index (χ1v) is 24.2. The van der Waals surface area contributed by atoms with Gasteiger partial charge in [0.15, 0.2) is 0 Å². The number of allylic oxidation sites excluding steroid dienone is 1. The number of hydrogen-bond donors (Lipinski definition) is 3. The van der Waals surface area contributed by atoms with Crippen LogP contribution in [-0.4, -0.2) is 90.3 Å². The van der Waals surface area contributed by atoms with Gasteiger partial charge in [0, 0.05) is 55.9 Å². The number of carbonyl (C=O) groups excluding carboxylic acids is 2. The molecule has 1 heterocycles. The summed E-state index contributed by atoms with van der Waals surface area (Å²) in [5.74, 6) is -1.19. The first-order valence-electron chi connectivity index (χ1n) is 24.2. The normalized spacial score (nSPS) is 21.3. The van der Waals surface area contributed by atoms with Crippen molar-refractivity contribution in [3.05, 3.63) is 142 Å². The van der Waals surface area contributed by atoms with Gasteiger partial charge < -0.3 is 43.5 Å². The first-order chi connectivity index (χ1) is 34.6. The summed E-state index contributed by atoms with van der Waals surface area (Å²) in [5.41, 5.74) is 3.88. The molecule has 71 heavy (non-hydrogen) atoms. The molecular formula is C54H64N4O13. The van der Waals surface area contributed by atoms with E-state index in [-0.39, 0.29) is 69.3 Å². The number of aliphatic hydroxyl groups excluding tert-OH is 2. The number of anilines is 1. The molecule has 378 valence electrons. The number of unbranched alkanes of at least 4 members (excludes halogenated alkanes) is 2. The number of nitrogens with zero attached hydrogens (tertiary/aromatic N) is 3. The van der Waals surface area contributed by atoms with Crippen molar-refractivity contribution < 1.29 is 58.0 Å². The van der Waals surface area contributed by atoms with Crippen LogP contribution in [0.1, 0.15) is 80.9 Å². The number of nitro benzene ring substituents is 1. The number of nitrogens with one attached hydrogen (secondary N) is 1. The molecule has 7 rings (SSSR count). The van der Waals surface area contributed by atoms with E-state index in [2.05, 4.69) is 18.0 Å². The van der Waals surface area contributed by atoms with Gasteiger partial charge in [-0.25, -0.2) is 9.59 Å². The topological polar surface area (TPSA) is 210 Å². The third-order valence-corrected chi connectivity index (χ3v) is 13.3. The van der Waals surface area contributed by atoms with Crippen molar-refractivity contribution in [1.29, 1.82) is 0 Å². The largest absolute Gasteiger partial charge is 0.497 e. The second-order valence-corrected chi connectivity index (χ2v) is 17.8. The Morgan fingerprint density at radius 3 is 2.35 bits per heavy atom. The van der Waals surface area contributed by atoms with Gasteiger partial charge in [-0.05, 0) is 103 Å². The van der Waals surface area contributed by atoms with Crippen LogP contribution in [0.5, 0.6) is 23.0 Å². The smallest absolute Gasteiger partial charge is 0.417 e. The van der Waals surface area contributed by atoms with Crippen molar-refractivity contribution >= 4 is 29.3 Å². The maximum absolute atomic E-state index is 14.7. The quantitative estimate of drug-likeness (QED) is 0.0259. The molecule has 3 N–H and O–H groups in total. The average molecular weight is 977 g/mol. The Bertz CT molecular complexity index is 2520. The Morgan fingerprint density at radius 1 is 0.930 bits per heavy atom. The van der Waals surface area contributed by atoms with Gasteiger partial charge >= 0.3 is 12.2 Å². The number of carbonyl (C=O) groups is 2. The lowest BCUT2D eigenvalue weighted by molar-refractivity contribution is -0.384. The third-order valence-electron chi connectivity index (χ3n) is 13.3. The van der Waals surface area contributed by atoms with Gasteiger partial charge in [0.2, 0.25) is 5.79 Å². The zero-order valence-electron chi connectivity index (χ0n) is 40.5. The van der Waals surface area contributed by atoms with Crippen LogP contribution in [0.3, 0.4) is 0 Å². The molecule has 0 unspecified atom stereocenters. The fourth-order valence-electron chi connectivity index (χ4n) is 10.2. The van der Waals surface area contributed by atoms with Crippen molar-refractivity contribution in [2.24, 2.45) is 22.9 Å². The van der Waals surface area contributed by atoms with Gasteiger partial charge in [0.25, 0.3) is 5.69 Å². The molecule has 1 fully saturated rings. The maximum atomic E-state index is 14.7. The molecule has 0 saturated heterocycles. The molecule has 3 aliphatic rings. The van der Waals surface area contributed by atoms with E-state index in [1.807, 2.05) is 43.3 Å². The Hall–Kier alpha value is -6.95. The molecule has 1 saturated carbocycles. The molecule has 0 radical (unpaired) electrons. The fourth-order valence-corrected chi connectivity index (χ4v) is 10.2. The number of fused-ring (bicyclic) bond motifs is 2. The first kappa shape index (κ1) is 51.9. The summed E-state index contributed by atoms with van der Waals surface area (Å²) in [6, 6.07) is 24.8. The number of benzene rings is 4. The lowest BCUT2D eigenvalue weighted by Gasteiger charge is -2.59. The van der Waals surface area contributed by atoms with Gasteiger partial charge in [-0.15, -0.1) is 6.58 Å². The van der Waals surface area contributed by atoms with Crippen molar-refractivity contribution in [3.8, 4) is 23.0 Å². The summed E-state index contributed by atoms with van der Waals surface area (Å²) in [7, 11) is 3.02. The summed E-state index contributed by atoms with van der Waals surface area (Å²) >= 11 is 0. The molecule has 2 amide bonds. The van der Waals surface area contributed by atoms with Crippen LogP contribution in [-0.2, 0) is 27.5 Å². The van der Waals surface area contributed by atoms with Crippen LogP contribution < -0.4 is 24.3 Å². The van der Waals surface area contributed by atoms with Gasteiger partial charge in [-0.3, -0.25) is 20.3 Å². The average Bonchev–Trinajstić information content (AvgIpc) is 3.38. The minimum Gasteiger partial charge on any atom is -0.497 e. The van der Waals surface area contributed by atoms with Crippen LogP contribution in [0.2, 0.25) is 0 Å². The molecule has 4 aromatic carbocycles. The molecular weight excluding hydrogens is 913 g/mol. The molecule has 17 nitrogen and oxygen atoms in total. The zero-order chi connectivity index (χ0) is 50.3. The van der Waals surface area contributed by atoms with E-state index in [1.54, 1.807) is 53.4 Å². The number of nitro groups is 1. The van der Waals surface area contributed by atoms with E-state index in [9.17, 15) is 29.9 Å². The predicted molar refractivity (Wildman–Crippen MR) is 266 cm³/mol. The van der Waals surface area contributed by atoms with Crippen LogP contribution in [0.4, 0.5) is 21.0 Å². The Labute approximate surface area is 414 Å². The van der Waals surface area contributed by atoms with Crippen molar-refractivity contribution in [2.75, 3.05) is 45.9 Å². The molecule has 4 aromatic rings. The summed E-state index contributed by atoms with van der Waals surface area (Å²) in [6.45, 7) is 6.37. The number of hydrogen-bond acceptors (Lipinski definition) is 14. The molecule has 0 spiro atoms. The lowest BCUT2D eigenvalue weighted by atomic mass is 9.55. The molecule has 6 atom stereocenters. The van der Waals surface area contributed by atoms with E-state index < -0.39 is 40.8 Å². The van der Waals surface area contributed by atoms with Crippen LogP contribution in [0.25, 0.3) is 0 Å². The standard InChI is InChI=1S/C54H64N4O13/c1-5-26-57(53(62)67-34-36-14-8-7-9-15-36)49-33-46(56-69-35-37-18-20-39(21-19-37)58(63)64)43-30-38(16-10-12-27-59)42(17-11-13-28-60)50-44-31-41(23-25-47(44)71-54(49,51(43)50)68-29-6-2)70-52(61)55-45-24-22-40(65-3)32-48(45)66-4/h6-9,14-15,18-25,30-32,38,42,49-51,59-60H,2,5,10-13,16-17,26-29,33-35H2,1,3-4H3,(H,55,61)/t38-,42+,49-,50+,51+,54+/m0/s1.